The van der Waals surface area contributed by atoms with Gasteiger partial charge in [-0.15, -0.1) is 0 Å². The molecule has 2 rings (SSSR count). The van der Waals surface area contributed by atoms with E-state index in [1.807, 2.05) is 0 Å². The van der Waals surface area contributed by atoms with E-state index in [4.69, 9.17) is 39.5 Å². The largest absolute Gasteiger partial charge is 0.486 e. The second-order valence-electron chi connectivity index (χ2n) is 3.74. The van der Waals surface area contributed by atoms with E-state index in [0.717, 1.165) is 0 Å². The van der Waals surface area contributed by atoms with E-state index in [1.165, 1.54) is 12.1 Å². The zero-order valence-corrected chi connectivity index (χ0v) is 12.1. The Labute approximate surface area is 129 Å². The Balaban J connectivity index is 2.22. The molecule has 104 valence electrons. The molecule has 0 spiro atoms. The van der Waals surface area contributed by atoms with Crippen LogP contribution in [0.1, 0.15) is 5.56 Å². The van der Waals surface area contributed by atoms with Crippen LogP contribution in [0.3, 0.4) is 0 Å². The standard InChI is InChI=1S/C12H7Cl3N2O3/c13-9-4-8(17(18)19)5-10(14)11(9)20-6-7-2-1-3-16-12(7)15/h1-5H,6H2. The first-order chi connectivity index (χ1) is 9.49. The number of benzene rings is 1. The van der Waals surface area contributed by atoms with Crippen LogP contribution in [-0.2, 0) is 6.61 Å². The van der Waals surface area contributed by atoms with Crippen LogP contribution in [-0.4, -0.2) is 9.91 Å². The Morgan fingerprint density at radius 2 is 1.90 bits per heavy atom. The molecule has 2 aromatic rings. The maximum atomic E-state index is 10.7. The molecular formula is C12H7Cl3N2O3. The average Bonchev–Trinajstić information content (AvgIpc) is 2.39. The van der Waals surface area contributed by atoms with Crippen LogP contribution in [0.4, 0.5) is 5.69 Å². The minimum Gasteiger partial charge on any atom is -0.486 e. The molecule has 1 aromatic heterocycles. The van der Waals surface area contributed by atoms with Gasteiger partial charge in [-0.1, -0.05) is 40.9 Å². The zero-order chi connectivity index (χ0) is 14.7. The molecular weight excluding hydrogens is 327 g/mol. The summed E-state index contributed by atoms with van der Waals surface area (Å²) in [7, 11) is 0. The van der Waals surface area contributed by atoms with Gasteiger partial charge < -0.3 is 4.74 Å². The van der Waals surface area contributed by atoms with Crippen molar-refractivity contribution in [1.82, 2.24) is 4.98 Å². The van der Waals surface area contributed by atoms with E-state index in [0.29, 0.717) is 10.7 Å². The Bertz CT molecular complexity index is 641. The Hall–Kier alpha value is -1.56. The summed E-state index contributed by atoms with van der Waals surface area (Å²) < 4.78 is 5.46. The highest BCUT2D eigenvalue weighted by Gasteiger charge is 2.16. The fourth-order valence-electron chi connectivity index (χ4n) is 1.47. The topological polar surface area (TPSA) is 65.3 Å². The van der Waals surface area contributed by atoms with Crippen molar-refractivity contribution < 1.29 is 9.66 Å². The van der Waals surface area contributed by atoms with Crippen LogP contribution < -0.4 is 4.74 Å². The van der Waals surface area contributed by atoms with Gasteiger partial charge in [0.05, 0.1) is 15.0 Å². The summed E-state index contributed by atoms with van der Waals surface area (Å²) in [5, 5.41) is 11.1. The van der Waals surface area contributed by atoms with Crippen molar-refractivity contribution in [3.8, 4) is 5.75 Å². The number of nitro groups is 1. The number of halogens is 3. The third-order valence-electron chi connectivity index (χ3n) is 2.40. The smallest absolute Gasteiger partial charge is 0.272 e. The van der Waals surface area contributed by atoms with Gasteiger partial charge in [-0.2, -0.15) is 0 Å². The first kappa shape index (κ1) is 14.8. The molecule has 0 amide bonds. The van der Waals surface area contributed by atoms with Crippen LogP contribution in [0.25, 0.3) is 0 Å². The fraction of sp³-hybridized carbons (Fsp3) is 0.0833. The van der Waals surface area contributed by atoms with Gasteiger partial charge in [0.25, 0.3) is 5.69 Å². The molecule has 0 unspecified atom stereocenters. The molecule has 0 radical (unpaired) electrons. The van der Waals surface area contributed by atoms with Gasteiger partial charge in [-0.3, -0.25) is 10.1 Å². The highest BCUT2D eigenvalue weighted by Crippen LogP contribution is 2.37. The number of nitrogens with zero attached hydrogens (tertiary/aromatic N) is 2. The van der Waals surface area contributed by atoms with Crippen molar-refractivity contribution in [3.05, 3.63) is 61.3 Å². The molecule has 1 aromatic carbocycles. The van der Waals surface area contributed by atoms with Gasteiger partial charge in [-0.05, 0) is 6.07 Å². The summed E-state index contributed by atoms with van der Waals surface area (Å²) in [6, 6.07) is 5.80. The van der Waals surface area contributed by atoms with Crippen molar-refractivity contribution in [2.45, 2.75) is 6.61 Å². The molecule has 0 saturated heterocycles. The number of nitro benzene ring substituents is 1. The predicted octanol–water partition coefficient (Wildman–Crippen LogP) is 4.53. The first-order valence-corrected chi connectivity index (χ1v) is 6.48. The lowest BCUT2D eigenvalue weighted by molar-refractivity contribution is -0.384. The monoisotopic (exact) mass is 332 g/mol. The van der Waals surface area contributed by atoms with E-state index in [1.54, 1.807) is 18.3 Å². The maximum absolute atomic E-state index is 10.7. The number of hydrogen-bond donors (Lipinski definition) is 0. The number of pyridine rings is 1. The van der Waals surface area contributed by atoms with E-state index in [-0.39, 0.29) is 28.1 Å². The first-order valence-electron chi connectivity index (χ1n) is 5.34. The summed E-state index contributed by atoms with van der Waals surface area (Å²) in [6.45, 7) is 0.101. The number of rotatable bonds is 4. The summed E-state index contributed by atoms with van der Waals surface area (Å²) in [6.07, 6.45) is 1.55. The van der Waals surface area contributed by atoms with E-state index in [9.17, 15) is 10.1 Å². The minimum absolute atomic E-state index is 0.0595. The molecule has 0 N–H and O–H groups in total. The SMILES string of the molecule is O=[N+]([O-])c1cc(Cl)c(OCc2cccnc2Cl)c(Cl)c1. The lowest BCUT2D eigenvalue weighted by Gasteiger charge is -2.10. The lowest BCUT2D eigenvalue weighted by atomic mass is 10.3. The molecule has 0 aliphatic heterocycles. The van der Waals surface area contributed by atoms with Crippen LogP contribution in [0.15, 0.2) is 30.5 Å². The van der Waals surface area contributed by atoms with Crippen molar-refractivity contribution in [3.63, 3.8) is 0 Å². The highest BCUT2D eigenvalue weighted by molar-refractivity contribution is 6.37. The molecule has 0 fully saturated rings. The molecule has 0 aliphatic rings. The van der Waals surface area contributed by atoms with Crippen LogP contribution in [0.5, 0.6) is 5.75 Å². The number of hydrogen-bond acceptors (Lipinski definition) is 4. The summed E-state index contributed by atoms with van der Waals surface area (Å²) >= 11 is 17.7. The maximum Gasteiger partial charge on any atom is 0.272 e. The minimum atomic E-state index is -0.584. The zero-order valence-electron chi connectivity index (χ0n) is 9.85. The molecule has 0 saturated carbocycles. The molecule has 1 heterocycles. The molecule has 0 bridgehead atoms. The molecule has 5 nitrogen and oxygen atoms in total. The number of non-ortho nitro benzene ring substituents is 1. The van der Waals surface area contributed by atoms with Gasteiger partial charge >= 0.3 is 0 Å². The third-order valence-corrected chi connectivity index (χ3v) is 3.30. The Kier molecular flexibility index (Phi) is 4.65. The molecule has 0 atom stereocenters. The highest BCUT2D eigenvalue weighted by atomic mass is 35.5. The van der Waals surface area contributed by atoms with Crippen molar-refractivity contribution in [2.24, 2.45) is 0 Å². The van der Waals surface area contributed by atoms with Crippen molar-refractivity contribution >= 4 is 40.5 Å². The van der Waals surface area contributed by atoms with Crippen LogP contribution in [0, 0.1) is 10.1 Å². The summed E-state index contributed by atoms with van der Waals surface area (Å²) in [5.41, 5.74) is 0.450. The quantitative estimate of drug-likeness (QED) is 0.468. The van der Waals surface area contributed by atoms with E-state index >= 15 is 0 Å². The van der Waals surface area contributed by atoms with Gasteiger partial charge in [0, 0.05) is 23.9 Å². The molecule has 0 aliphatic carbocycles. The lowest BCUT2D eigenvalue weighted by Crippen LogP contribution is -1.99. The van der Waals surface area contributed by atoms with Gasteiger partial charge in [0.15, 0.2) is 5.75 Å². The van der Waals surface area contributed by atoms with Gasteiger partial charge in [0.1, 0.15) is 11.8 Å². The van der Waals surface area contributed by atoms with E-state index in [2.05, 4.69) is 4.98 Å². The fourth-order valence-corrected chi connectivity index (χ4v) is 2.23. The molecule has 8 heteroatoms. The van der Waals surface area contributed by atoms with Crippen molar-refractivity contribution in [2.75, 3.05) is 0 Å². The normalized spacial score (nSPS) is 10.3. The second kappa shape index (κ2) is 6.26. The number of aromatic nitrogens is 1. The predicted molar refractivity (Wildman–Crippen MR) is 76.7 cm³/mol. The Morgan fingerprint density at radius 3 is 2.45 bits per heavy atom. The summed E-state index contributed by atoms with van der Waals surface area (Å²) in [4.78, 5) is 14.0. The van der Waals surface area contributed by atoms with Gasteiger partial charge in [-0.25, -0.2) is 4.98 Å². The van der Waals surface area contributed by atoms with Crippen molar-refractivity contribution in [1.29, 1.82) is 0 Å². The van der Waals surface area contributed by atoms with Crippen LogP contribution in [0.2, 0.25) is 15.2 Å². The van der Waals surface area contributed by atoms with E-state index < -0.39 is 4.92 Å². The van der Waals surface area contributed by atoms with Crippen LogP contribution >= 0.6 is 34.8 Å². The Morgan fingerprint density at radius 1 is 1.25 bits per heavy atom. The summed E-state index contributed by atoms with van der Waals surface area (Å²) in [5.74, 6) is 0.166. The number of ether oxygens (including phenoxy) is 1. The second-order valence-corrected chi connectivity index (χ2v) is 4.91. The molecule has 20 heavy (non-hydrogen) atoms. The van der Waals surface area contributed by atoms with Gasteiger partial charge in [0.2, 0.25) is 0 Å². The third kappa shape index (κ3) is 3.30. The average molecular weight is 334 g/mol.